The minimum atomic E-state index is -0.0972. The minimum absolute atomic E-state index is 0.0972. The molecular weight excluding hydrogens is 192 g/mol. The first-order valence-corrected chi connectivity index (χ1v) is 4.77. The second-order valence-corrected chi connectivity index (χ2v) is 3.14. The van der Waals surface area contributed by atoms with Gasteiger partial charge in [0.2, 0.25) is 5.91 Å². The van der Waals surface area contributed by atoms with E-state index in [9.17, 15) is 9.59 Å². The smallest absolute Gasteiger partial charge is 0.221 e. The monoisotopic (exact) mass is 206 g/mol. The lowest BCUT2D eigenvalue weighted by atomic mass is 10.2. The molecule has 0 aliphatic carbocycles. The summed E-state index contributed by atoms with van der Waals surface area (Å²) >= 11 is 0. The van der Waals surface area contributed by atoms with Crippen LogP contribution in [0.15, 0.2) is 24.3 Å². The number of carbonyl (C=O) groups excluding carboxylic acids is 2. The molecule has 1 aromatic rings. The van der Waals surface area contributed by atoms with Gasteiger partial charge < -0.3 is 15.4 Å². The maximum atomic E-state index is 10.8. The normalized spacial score (nSPS) is 9.40. The van der Waals surface area contributed by atoms with Gasteiger partial charge in [-0.1, -0.05) is 6.07 Å². The highest BCUT2D eigenvalue weighted by molar-refractivity contribution is 5.89. The summed E-state index contributed by atoms with van der Waals surface area (Å²) in [7, 11) is 0. The lowest BCUT2D eigenvalue weighted by molar-refractivity contribution is -0.114. The average Bonchev–Trinajstić information content (AvgIpc) is 2.18. The van der Waals surface area contributed by atoms with Crippen molar-refractivity contribution in [1.29, 1.82) is 0 Å². The molecule has 0 heterocycles. The van der Waals surface area contributed by atoms with Crippen molar-refractivity contribution in [2.24, 2.45) is 0 Å². The molecule has 4 nitrogen and oxygen atoms in total. The van der Waals surface area contributed by atoms with Crippen LogP contribution in [0.4, 0.5) is 11.4 Å². The van der Waals surface area contributed by atoms with E-state index in [1.807, 2.05) is 24.3 Å². The number of amides is 1. The van der Waals surface area contributed by atoms with Crippen molar-refractivity contribution in [3.8, 4) is 0 Å². The highest BCUT2D eigenvalue weighted by Gasteiger charge is 1.96. The molecule has 0 spiro atoms. The van der Waals surface area contributed by atoms with Gasteiger partial charge in [-0.2, -0.15) is 0 Å². The molecule has 1 amide bonds. The van der Waals surface area contributed by atoms with Gasteiger partial charge >= 0.3 is 0 Å². The Kier molecular flexibility index (Phi) is 4.34. The Morgan fingerprint density at radius 1 is 1.40 bits per heavy atom. The standard InChI is InChI=1S/C11H14N2O2/c1-9(15)13-11-5-2-4-10(8-11)12-6-3-7-14/h2,4-5,7-8,12H,3,6H2,1H3,(H,13,15). The molecular formula is C11H14N2O2. The maximum absolute atomic E-state index is 10.8. The number of anilines is 2. The first-order valence-electron chi connectivity index (χ1n) is 4.77. The van der Waals surface area contributed by atoms with Crippen molar-refractivity contribution in [3.05, 3.63) is 24.3 Å². The molecule has 0 aliphatic rings. The van der Waals surface area contributed by atoms with Gasteiger partial charge in [0, 0.05) is 31.3 Å². The summed E-state index contributed by atoms with van der Waals surface area (Å²) in [6.45, 7) is 2.07. The Hall–Kier alpha value is -1.84. The van der Waals surface area contributed by atoms with Gasteiger partial charge in [0.25, 0.3) is 0 Å². The zero-order valence-corrected chi connectivity index (χ0v) is 8.62. The number of hydrogen-bond acceptors (Lipinski definition) is 3. The predicted octanol–water partition coefficient (Wildman–Crippen LogP) is 1.65. The summed E-state index contributed by atoms with van der Waals surface area (Å²) in [4.78, 5) is 20.9. The molecule has 15 heavy (non-hydrogen) atoms. The summed E-state index contributed by atoms with van der Waals surface area (Å²) in [5.74, 6) is -0.0972. The van der Waals surface area contributed by atoms with Crippen LogP contribution in [0.25, 0.3) is 0 Å². The molecule has 0 bridgehead atoms. The van der Waals surface area contributed by atoms with Gasteiger partial charge in [-0.05, 0) is 18.2 Å². The van der Waals surface area contributed by atoms with Crippen molar-refractivity contribution >= 4 is 23.6 Å². The van der Waals surface area contributed by atoms with Gasteiger partial charge in [0.1, 0.15) is 6.29 Å². The fourth-order valence-corrected chi connectivity index (χ4v) is 1.19. The Morgan fingerprint density at radius 3 is 2.80 bits per heavy atom. The number of carbonyl (C=O) groups is 2. The molecule has 0 atom stereocenters. The Balaban J connectivity index is 2.57. The molecule has 80 valence electrons. The van der Waals surface area contributed by atoms with Crippen molar-refractivity contribution in [2.75, 3.05) is 17.2 Å². The van der Waals surface area contributed by atoms with Gasteiger partial charge in [0.05, 0.1) is 0 Å². The summed E-state index contributed by atoms with van der Waals surface area (Å²) in [6, 6.07) is 7.36. The third kappa shape index (κ3) is 4.26. The maximum Gasteiger partial charge on any atom is 0.221 e. The Labute approximate surface area is 88.7 Å². The fraction of sp³-hybridized carbons (Fsp3) is 0.273. The fourth-order valence-electron chi connectivity index (χ4n) is 1.19. The predicted molar refractivity (Wildman–Crippen MR) is 59.9 cm³/mol. The first-order chi connectivity index (χ1) is 7.22. The number of rotatable bonds is 5. The SMILES string of the molecule is CC(=O)Nc1cccc(NCCC=O)c1. The van der Waals surface area contributed by atoms with Crippen molar-refractivity contribution in [2.45, 2.75) is 13.3 Å². The lowest BCUT2D eigenvalue weighted by Crippen LogP contribution is -2.07. The Morgan fingerprint density at radius 2 is 2.13 bits per heavy atom. The van der Waals surface area contributed by atoms with E-state index in [2.05, 4.69) is 10.6 Å². The van der Waals surface area contributed by atoms with Crippen LogP contribution in [-0.2, 0) is 9.59 Å². The van der Waals surface area contributed by atoms with E-state index in [1.54, 1.807) is 0 Å². The van der Waals surface area contributed by atoms with E-state index in [-0.39, 0.29) is 5.91 Å². The molecule has 4 heteroatoms. The molecule has 1 rings (SSSR count). The van der Waals surface area contributed by atoms with Crippen LogP contribution in [0.3, 0.4) is 0 Å². The van der Waals surface area contributed by atoms with Crippen molar-refractivity contribution in [1.82, 2.24) is 0 Å². The van der Waals surface area contributed by atoms with Crippen LogP contribution in [-0.4, -0.2) is 18.7 Å². The third-order valence-electron chi connectivity index (χ3n) is 1.77. The minimum Gasteiger partial charge on any atom is -0.385 e. The van der Waals surface area contributed by atoms with E-state index >= 15 is 0 Å². The summed E-state index contributed by atoms with van der Waals surface area (Å²) in [6.07, 6.45) is 1.34. The van der Waals surface area contributed by atoms with Crippen molar-refractivity contribution < 1.29 is 9.59 Å². The molecule has 2 N–H and O–H groups in total. The molecule has 1 aromatic carbocycles. The highest BCUT2D eigenvalue weighted by atomic mass is 16.1. The zero-order chi connectivity index (χ0) is 11.1. The number of aldehydes is 1. The van der Waals surface area contributed by atoms with Crippen LogP contribution in [0.2, 0.25) is 0 Å². The van der Waals surface area contributed by atoms with Gasteiger partial charge in [-0.3, -0.25) is 4.79 Å². The molecule has 0 aromatic heterocycles. The van der Waals surface area contributed by atoms with E-state index in [1.165, 1.54) is 6.92 Å². The third-order valence-corrected chi connectivity index (χ3v) is 1.77. The summed E-state index contributed by atoms with van der Waals surface area (Å²) in [5.41, 5.74) is 1.64. The second-order valence-electron chi connectivity index (χ2n) is 3.14. The summed E-state index contributed by atoms with van der Waals surface area (Å²) < 4.78 is 0. The number of nitrogens with one attached hydrogen (secondary N) is 2. The largest absolute Gasteiger partial charge is 0.385 e. The summed E-state index contributed by atoms with van der Waals surface area (Å²) in [5, 5.41) is 5.76. The van der Waals surface area contributed by atoms with Gasteiger partial charge in [-0.15, -0.1) is 0 Å². The lowest BCUT2D eigenvalue weighted by Gasteiger charge is -2.07. The van der Waals surface area contributed by atoms with Gasteiger partial charge in [-0.25, -0.2) is 0 Å². The van der Waals surface area contributed by atoms with Crippen LogP contribution in [0.5, 0.6) is 0 Å². The average molecular weight is 206 g/mol. The Bertz CT molecular complexity index is 350. The van der Waals surface area contributed by atoms with Crippen LogP contribution >= 0.6 is 0 Å². The van der Waals surface area contributed by atoms with E-state index in [4.69, 9.17) is 0 Å². The van der Waals surface area contributed by atoms with Crippen molar-refractivity contribution in [3.63, 3.8) is 0 Å². The second kappa shape index (κ2) is 5.80. The molecule has 0 unspecified atom stereocenters. The molecule has 0 saturated heterocycles. The first kappa shape index (κ1) is 11.2. The topological polar surface area (TPSA) is 58.2 Å². The van der Waals surface area contributed by atoms with Gasteiger partial charge in [0.15, 0.2) is 0 Å². The number of benzene rings is 1. The number of hydrogen-bond donors (Lipinski definition) is 2. The van der Waals surface area contributed by atoms with Crippen LogP contribution in [0, 0.1) is 0 Å². The molecule has 0 fully saturated rings. The molecule has 0 aliphatic heterocycles. The molecule has 0 saturated carbocycles. The van der Waals surface area contributed by atoms with E-state index < -0.39 is 0 Å². The van der Waals surface area contributed by atoms with Crippen LogP contribution in [0.1, 0.15) is 13.3 Å². The van der Waals surface area contributed by atoms with Crippen LogP contribution < -0.4 is 10.6 Å². The molecule has 0 radical (unpaired) electrons. The van der Waals surface area contributed by atoms with E-state index in [0.29, 0.717) is 13.0 Å². The quantitative estimate of drug-likeness (QED) is 0.569. The van der Waals surface area contributed by atoms with E-state index in [0.717, 1.165) is 17.7 Å². The highest BCUT2D eigenvalue weighted by Crippen LogP contribution is 2.14. The zero-order valence-electron chi connectivity index (χ0n) is 8.62.